The minimum atomic E-state index is -0.561. The maximum absolute atomic E-state index is 12.0. The van der Waals surface area contributed by atoms with E-state index in [4.69, 9.17) is 27.9 Å². The number of hydrogen-bond acceptors (Lipinski definition) is 4. The molecule has 0 unspecified atom stereocenters. The molecule has 0 radical (unpaired) electrons. The summed E-state index contributed by atoms with van der Waals surface area (Å²) in [5, 5.41) is 14.2. The van der Waals surface area contributed by atoms with E-state index in [9.17, 15) is 14.9 Å². The van der Waals surface area contributed by atoms with Crippen molar-refractivity contribution in [3.05, 3.63) is 68.2 Å². The molecule has 2 aromatic carbocycles. The van der Waals surface area contributed by atoms with Crippen LogP contribution in [0.5, 0.6) is 5.75 Å². The van der Waals surface area contributed by atoms with Crippen LogP contribution in [0.3, 0.4) is 0 Å². The zero-order valence-electron chi connectivity index (χ0n) is 12.5. The molecule has 0 saturated carbocycles. The van der Waals surface area contributed by atoms with Gasteiger partial charge in [-0.15, -0.1) is 0 Å². The Labute approximate surface area is 147 Å². The molecule has 0 spiro atoms. The van der Waals surface area contributed by atoms with E-state index >= 15 is 0 Å². The maximum atomic E-state index is 12.0. The van der Waals surface area contributed by atoms with Gasteiger partial charge in [-0.2, -0.15) is 0 Å². The largest absolute Gasteiger partial charge is 0.495 e. The van der Waals surface area contributed by atoms with Crippen LogP contribution in [0.25, 0.3) is 6.08 Å². The molecule has 2 rings (SSSR count). The van der Waals surface area contributed by atoms with Crippen LogP contribution in [0.1, 0.15) is 5.56 Å². The Morgan fingerprint density at radius 3 is 2.50 bits per heavy atom. The standard InChI is InChI=1S/C16H12Cl2N2O4/c1-24-15-7-5-10(20(22)23)9-14(15)19-16(21)8-6-11-12(17)3-2-4-13(11)18/h2-9H,1H3,(H,19,21)/b8-6+. The number of ether oxygens (including phenoxy) is 1. The van der Waals surface area contributed by atoms with Gasteiger partial charge in [-0.25, -0.2) is 0 Å². The number of halogens is 2. The second-order valence-corrected chi connectivity index (χ2v) is 5.41. The molecule has 0 fully saturated rings. The molecule has 0 bridgehead atoms. The number of benzene rings is 2. The summed E-state index contributed by atoms with van der Waals surface area (Å²) >= 11 is 12.0. The third-order valence-electron chi connectivity index (χ3n) is 3.05. The topological polar surface area (TPSA) is 81.5 Å². The highest BCUT2D eigenvalue weighted by Crippen LogP contribution is 2.29. The second kappa shape index (κ2) is 7.81. The van der Waals surface area contributed by atoms with Crippen LogP contribution in [0, 0.1) is 10.1 Å². The summed E-state index contributed by atoms with van der Waals surface area (Å²) in [5.74, 6) is -0.206. The lowest BCUT2D eigenvalue weighted by molar-refractivity contribution is -0.384. The highest BCUT2D eigenvalue weighted by Gasteiger charge is 2.13. The first-order valence-electron chi connectivity index (χ1n) is 6.68. The van der Waals surface area contributed by atoms with Gasteiger partial charge in [-0.1, -0.05) is 29.3 Å². The molecule has 2 aromatic rings. The summed E-state index contributed by atoms with van der Waals surface area (Å²) in [4.78, 5) is 22.3. The van der Waals surface area contributed by atoms with Gasteiger partial charge >= 0.3 is 0 Å². The first-order chi connectivity index (χ1) is 11.4. The van der Waals surface area contributed by atoms with E-state index in [1.807, 2.05) is 0 Å². The number of methoxy groups -OCH3 is 1. The molecule has 24 heavy (non-hydrogen) atoms. The Morgan fingerprint density at radius 2 is 1.92 bits per heavy atom. The van der Waals surface area contributed by atoms with Crippen LogP contribution in [-0.4, -0.2) is 17.9 Å². The predicted octanol–water partition coefficient (Wildman–Crippen LogP) is 4.56. The average Bonchev–Trinajstić information content (AvgIpc) is 2.54. The van der Waals surface area contributed by atoms with Gasteiger partial charge < -0.3 is 10.1 Å². The third kappa shape index (κ3) is 4.24. The first kappa shape index (κ1) is 17.8. The Bertz CT molecular complexity index is 801. The number of carbonyl (C=O) groups is 1. The zero-order chi connectivity index (χ0) is 17.7. The molecule has 6 nitrogen and oxygen atoms in total. The number of non-ortho nitro benzene ring substituents is 1. The third-order valence-corrected chi connectivity index (χ3v) is 3.71. The summed E-state index contributed by atoms with van der Waals surface area (Å²) in [6, 6.07) is 8.89. The summed E-state index contributed by atoms with van der Waals surface area (Å²) in [7, 11) is 1.40. The molecule has 124 valence electrons. The van der Waals surface area contributed by atoms with E-state index in [0.29, 0.717) is 21.4 Å². The summed E-state index contributed by atoms with van der Waals surface area (Å²) in [6.45, 7) is 0. The fourth-order valence-electron chi connectivity index (χ4n) is 1.91. The fourth-order valence-corrected chi connectivity index (χ4v) is 2.43. The number of hydrogen-bond donors (Lipinski definition) is 1. The minimum Gasteiger partial charge on any atom is -0.495 e. The van der Waals surface area contributed by atoms with Crippen LogP contribution in [0.4, 0.5) is 11.4 Å². The number of carbonyl (C=O) groups excluding carboxylic acids is 1. The van der Waals surface area contributed by atoms with Crippen molar-refractivity contribution in [3.63, 3.8) is 0 Å². The molecule has 0 saturated heterocycles. The van der Waals surface area contributed by atoms with Crippen LogP contribution in [0.15, 0.2) is 42.5 Å². The first-order valence-corrected chi connectivity index (χ1v) is 7.43. The Hall–Kier alpha value is -2.57. The number of anilines is 1. The van der Waals surface area contributed by atoms with Crippen molar-refractivity contribution >= 4 is 46.6 Å². The quantitative estimate of drug-likeness (QED) is 0.477. The molecule has 0 atom stereocenters. The number of amides is 1. The molecule has 0 aliphatic heterocycles. The van der Waals surface area contributed by atoms with Crippen molar-refractivity contribution in [1.82, 2.24) is 0 Å². The molecular formula is C16H12Cl2N2O4. The van der Waals surface area contributed by atoms with Crippen molar-refractivity contribution in [1.29, 1.82) is 0 Å². The van der Waals surface area contributed by atoms with Gasteiger partial charge in [0, 0.05) is 33.8 Å². The van der Waals surface area contributed by atoms with E-state index in [2.05, 4.69) is 5.32 Å². The van der Waals surface area contributed by atoms with Gasteiger partial charge in [0.05, 0.1) is 17.7 Å². The monoisotopic (exact) mass is 366 g/mol. The fraction of sp³-hybridized carbons (Fsp3) is 0.0625. The SMILES string of the molecule is COc1ccc([N+](=O)[O-])cc1NC(=O)/C=C/c1c(Cl)cccc1Cl. The van der Waals surface area contributed by atoms with Gasteiger partial charge in [0.1, 0.15) is 5.75 Å². The lowest BCUT2D eigenvalue weighted by atomic mass is 10.2. The van der Waals surface area contributed by atoms with Crippen molar-refractivity contribution in [3.8, 4) is 5.75 Å². The van der Waals surface area contributed by atoms with E-state index in [0.717, 1.165) is 0 Å². The van der Waals surface area contributed by atoms with Crippen LogP contribution < -0.4 is 10.1 Å². The Balaban J connectivity index is 2.22. The lowest BCUT2D eigenvalue weighted by Crippen LogP contribution is -2.09. The minimum absolute atomic E-state index is 0.163. The van der Waals surface area contributed by atoms with E-state index in [-0.39, 0.29) is 11.4 Å². The number of nitrogens with one attached hydrogen (secondary N) is 1. The van der Waals surface area contributed by atoms with Gasteiger partial charge in [-0.05, 0) is 24.3 Å². The highest BCUT2D eigenvalue weighted by atomic mass is 35.5. The summed E-state index contributed by atoms with van der Waals surface area (Å²) < 4.78 is 5.08. The number of nitro benzene ring substituents is 1. The van der Waals surface area contributed by atoms with Gasteiger partial charge in [0.15, 0.2) is 0 Å². The number of rotatable bonds is 5. The average molecular weight is 367 g/mol. The second-order valence-electron chi connectivity index (χ2n) is 4.60. The van der Waals surface area contributed by atoms with Crippen molar-refractivity contribution in [2.45, 2.75) is 0 Å². The summed E-state index contributed by atoms with van der Waals surface area (Å²) in [6.07, 6.45) is 2.69. The molecule has 0 aliphatic carbocycles. The Morgan fingerprint density at radius 1 is 1.25 bits per heavy atom. The molecule has 0 aliphatic rings. The normalized spacial score (nSPS) is 10.6. The molecular weight excluding hydrogens is 355 g/mol. The van der Waals surface area contributed by atoms with Crippen LogP contribution >= 0.6 is 23.2 Å². The van der Waals surface area contributed by atoms with Crippen molar-refractivity contribution in [2.75, 3.05) is 12.4 Å². The van der Waals surface area contributed by atoms with E-state index in [1.165, 1.54) is 37.5 Å². The van der Waals surface area contributed by atoms with Gasteiger partial charge in [0.25, 0.3) is 5.69 Å². The van der Waals surface area contributed by atoms with E-state index in [1.54, 1.807) is 18.2 Å². The van der Waals surface area contributed by atoms with Gasteiger partial charge in [-0.3, -0.25) is 14.9 Å². The van der Waals surface area contributed by atoms with Crippen molar-refractivity contribution < 1.29 is 14.5 Å². The molecule has 1 N–H and O–H groups in total. The maximum Gasteiger partial charge on any atom is 0.271 e. The Kier molecular flexibility index (Phi) is 5.78. The number of nitro groups is 1. The smallest absolute Gasteiger partial charge is 0.271 e. The molecule has 0 heterocycles. The molecule has 0 aromatic heterocycles. The molecule has 1 amide bonds. The highest BCUT2D eigenvalue weighted by molar-refractivity contribution is 6.37. The van der Waals surface area contributed by atoms with Crippen LogP contribution in [-0.2, 0) is 4.79 Å². The predicted molar refractivity (Wildman–Crippen MR) is 93.8 cm³/mol. The molecule has 8 heteroatoms. The van der Waals surface area contributed by atoms with Gasteiger partial charge in [0.2, 0.25) is 5.91 Å². The van der Waals surface area contributed by atoms with Crippen LogP contribution in [0.2, 0.25) is 10.0 Å². The van der Waals surface area contributed by atoms with Crippen molar-refractivity contribution in [2.24, 2.45) is 0 Å². The number of nitrogens with zero attached hydrogens (tertiary/aromatic N) is 1. The lowest BCUT2D eigenvalue weighted by Gasteiger charge is -2.08. The summed E-state index contributed by atoms with van der Waals surface area (Å²) in [5.41, 5.74) is 0.526. The van der Waals surface area contributed by atoms with E-state index < -0.39 is 10.8 Å². The zero-order valence-corrected chi connectivity index (χ0v) is 14.0.